The van der Waals surface area contributed by atoms with Crippen molar-refractivity contribution in [2.75, 3.05) is 11.8 Å². The van der Waals surface area contributed by atoms with Gasteiger partial charge in [0.05, 0.1) is 6.10 Å². The van der Waals surface area contributed by atoms with Crippen LogP contribution in [0.1, 0.15) is 123 Å². The Kier molecular flexibility index (Phi) is 22.3. The van der Waals surface area contributed by atoms with Crippen LogP contribution in [-0.4, -0.2) is 23.8 Å². The first kappa shape index (κ1) is 28.8. The highest BCUT2D eigenvalue weighted by molar-refractivity contribution is 6.18. The molecule has 2 nitrogen and oxygen atoms in total. The quantitative estimate of drug-likeness (QED) is 0.0756. The Morgan fingerprint density at radius 2 is 1.28 bits per heavy atom. The largest absolute Gasteiger partial charge is 0.459 e. The lowest BCUT2D eigenvalue weighted by Crippen LogP contribution is -2.17. The number of esters is 1. The molecule has 0 N–H and O–H groups in total. The zero-order chi connectivity index (χ0) is 21.6. The molecular formula is C25H46Cl2O2. The van der Waals surface area contributed by atoms with Gasteiger partial charge in [-0.1, -0.05) is 96.5 Å². The molecule has 0 heterocycles. The summed E-state index contributed by atoms with van der Waals surface area (Å²) in [6.07, 6.45) is 23.0. The number of carbonyl (C=O) groups is 1. The van der Waals surface area contributed by atoms with Gasteiger partial charge in [-0.2, -0.15) is 0 Å². The number of carbonyl (C=O) groups excluding carboxylic acids is 1. The van der Waals surface area contributed by atoms with Crippen LogP contribution < -0.4 is 0 Å². The molecule has 0 aromatic rings. The second kappa shape index (κ2) is 22.5. The standard InChI is InChI=1S/C25H46Cl2O2/c1-3-4-5-6-7-8-9-10-11-12-13-14-15-16-18-23(2)29-25(28)24(20-22-27)19-17-21-26/h19,23H,3-18,20-22H2,1-2H3/b24-19-. The molecule has 0 aliphatic carbocycles. The van der Waals surface area contributed by atoms with E-state index in [2.05, 4.69) is 6.92 Å². The van der Waals surface area contributed by atoms with E-state index in [-0.39, 0.29) is 12.1 Å². The predicted molar refractivity (Wildman–Crippen MR) is 129 cm³/mol. The van der Waals surface area contributed by atoms with Gasteiger partial charge in [0.25, 0.3) is 0 Å². The second-order valence-corrected chi connectivity index (χ2v) is 9.00. The monoisotopic (exact) mass is 448 g/mol. The lowest BCUT2D eigenvalue weighted by atomic mass is 10.0. The lowest BCUT2D eigenvalue weighted by molar-refractivity contribution is -0.143. The fourth-order valence-electron chi connectivity index (χ4n) is 3.56. The van der Waals surface area contributed by atoms with E-state index in [1.54, 1.807) is 0 Å². The number of hydrogen-bond donors (Lipinski definition) is 0. The third kappa shape index (κ3) is 19.5. The van der Waals surface area contributed by atoms with Gasteiger partial charge >= 0.3 is 5.97 Å². The van der Waals surface area contributed by atoms with Crippen molar-refractivity contribution < 1.29 is 9.53 Å². The van der Waals surface area contributed by atoms with Gasteiger partial charge in [-0.05, 0) is 32.6 Å². The van der Waals surface area contributed by atoms with E-state index >= 15 is 0 Å². The Hall–Kier alpha value is -0.210. The Morgan fingerprint density at radius 3 is 1.72 bits per heavy atom. The van der Waals surface area contributed by atoms with Crippen molar-refractivity contribution in [3.63, 3.8) is 0 Å². The van der Waals surface area contributed by atoms with Crippen molar-refractivity contribution in [2.45, 2.75) is 129 Å². The molecule has 172 valence electrons. The van der Waals surface area contributed by atoms with Gasteiger partial charge in [0.15, 0.2) is 0 Å². The lowest BCUT2D eigenvalue weighted by Gasteiger charge is -2.14. The molecule has 1 unspecified atom stereocenters. The summed E-state index contributed by atoms with van der Waals surface area (Å²) >= 11 is 11.5. The van der Waals surface area contributed by atoms with E-state index < -0.39 is 0 Å². The van der Waals surface area contributed by atoms with E-state index in [1.807, 2.05) is 13.0 Å². The molecule has 0 aromatic carbocycles. The molecule has 0 radical (unpaired) electrons. The molecule has 1 atom stereocenters. The molecule has 0 rings (SSSR count). The van der Waals surface area contributed by atoms with Crippen LogP contribution in [0.15, 0.2) is 11.6 Å². The first-order valence-electron chi connectivity index (χ1n) is 12.2. The highest BCUT2D eigenvalue weighted by Gasteiger charge is 2.14. The Balaban J connectivity index is 3.55. The molecule has 0 aromatic heterocycles. The molecule has 0 spiro atoms. The van der Waals surface area contributed by atoms with Crippen LogP contribution in [0.5, 0.6) is 0 Å². The van der Waals surface area contributed by atoms with E-state index in [0.29, 0.717) is 30.2 Å². The summed E-state index contributed by atoms with van der Waals surface area (Å²) in [5, 5.41) is 0. The maximum Gasteiger partial charge on any atom is 0.333 e. The average Bonchev–Trinajstić information content (AvgIpc) is 2.71. The smallest absolute Gasteiger partial charge is 0.333 e. The van der Waals surface area contributed by atoms with Gasteiger partial charge in [0, 0.05) is 17.3 Å². The highest BCUT2D eigenvalue weighted by atomic mass is 35.5. The number of allylic oxidation sites excluding steroid dienone is 1. The summed E-state index contributed by atoms with van der Waals surface area (Å²) in [5.74, 6) is 0.707. The fourth-order valence-corrected chi connectivity index (χ4v) is 3.87. The number of unbranched alkanes of at least 4 members (excludes halogenated alkanes) is 13. The molecule has 0 saturated heterocycles. The maximum absolute atomic E-state index is 12.2. The molecule has 0 aliphatic heterocycles. The van der Waals surface area contributed by atoms with E-state index in [1.165, 1.54) is 83.5 Å². The summed E-state index contributed by atoms with van der Waals surface area (Å²) in [6.45, 7) is 4.26. The average molecular weight is 450 g/mol. The third-order valence-electron chi connectivity index (χ3n) is 5.40. The van der Waals surface area contributed by atoms with Crippen molar-refractivity contribution in [3.05, 3.63) is 11.6 Å². The number of rotatable bonds is 21. The van der Waals surface area contributed by atoms with Gasteiger partial charge in [0.2, 0.25) is 0 Å². The maximum atomic E-state index is 12.2. The van der Waals surface area contributed by atoms with Gasteiger partial charge in [-0.25, -0.2) is 4.79 Å². The van der Waals surface area contributed by atoms with Crippen molar-refractivity contribution in [3.8, 4) is 0 Å². The van der Waals surface area contributed by atoms with Crippen molar-refractivity contribution in [1.29, 1.82) is 0 Å². The zero-order valence-corrected chi connectivity index (χ0v) is 20.7. The first-order valence-corrected chi connectivity index (χ1v) is 13.2. The molecule has 0 saturated carbocycles. The minimum Gasteiger partial charge on any atom is -0.459 e. The van der Waals surface area contributed by atoms with Crippen molar-refractivity contribution >= 4 is 29.2 Å². The molecule has 0 aliphatic rings. The topological polar surface area (TPSA) is 26.3 Å². The van der Waals surface area contributed by atoms with Crippen LogP contribution in [-0.2, 0) is 9.53 Å². The second-order valence-electron chi connectivity index (χ2n) is 8.25. The summed E-state index contributed by atoms with van der Waals surface area (Å²) in [6, 6.07) is 0. The summed E-state index contributed by atoms with van der Waals surface area (Å²) < 4.78 is 5.57. The normalized spacial score (nSPS) is 12.9. The number of alkyl halides is 2. The van der Waals surface area contributed by atoms with Crippen molar-refractivity contribution in [2.24, 2.45) is 0 Å². The summed E-state index contributed by atoms with van der Waals surface area (Å²) in [4.78, 5) is 12.2. The van der Waals surface area contributed by atoms with Gasteiger partial charge in [-0.15, -0.1) is 23.2 Å². The minimum atomic E-state index is -0.228. The van der Waals surface area contributed by atoms with Gasteiger partial charge < -0.3 is 4.74 Å². The van der Waals surface area contributed by atoms with Gasteiger partial charge in [0.1, 0.15) is 0 Å². The van der Waals surface area contributed by atoms with Crippen LogP contribution in [0.25, 0.3) is 0 Å². The Bertz CT molecular complexity index is 396. The number of hydrogen-bond acceptors (Lipinski definition) is 2. The SMILES string of the molecule is CCCCCCCCCCCCCCCCC(C)OC(=O)/C(=C\CCCl)CCCl. The molecule has 0 bridgehead atoms. The highest BCUT2D eigenvalue weighted by Crippen LogP contribution is 2.15. The Labute approximate surface area is 191 Å². The van der Waals surface area contributed by atoms with Crippen molar-refractivity contribution in [1.82, 2.24) is 0 Å². The molecule has 0 fully saturated rings. The number of ether oxygens (including phenoxy) is 1. The van der Waals surface area contributed by atoms with E-state index in [0.717, 1.165) is 12.8 Å². The van der Waals surface area contributed by atoms with Crippen LogP contribution >= 0.6 is 23.2 Å². The summed E-state index contributed by atoms with van der Waals surface area (Å²) in [7, 11) is 0. The zero-order valence-electron chi connectivity index (χ0n) is 19.2. The van der Waals surface area contributed by atoms with E-state index in [4.69, 9.17) is 27.9 Å². The molecular weight excluding hydrogens is 403 g/mol. The summed E-state index contributed by atoms with van der Waals surface area (Å²) in [5.41, 5.74) is 0.661. The first-order chi connectivity index (χ1) is 14.2. The predicted octanol–water partition coefficient (Wildman–Crippen LogP) is 8.97. The van der Waals surface area contributed by atoms with Gasteiger partial charge in [-0.3, -0.25) is 0 Å². The molecule has 29 heavy (non-hydrogen) atoms. The Morgan fingerprint density at radius 1 is 0.793 bits per heavy atom. The van der Waals surface area contributed by atoms with Crippen LogP contribution in [0.2, 0.25) is 0 Å². The fraction of sp³-hybridized carbons (Fsp3) is 0.880. The number of halogens is 2. The van der Waals surface area contributed by atoms with E-state index in [9.17, 15) is 4.79 Å². The molecule has 0 amide bonds. The van der Waals surface area contributed by atoms with Crippen LogP contribution in [0.4, 0.5) is 0 Å². The van der Waals surface area contributed by atoms with Crippen LogP contribution in [0.3, 0.4) is 0 Å². The minimum absolute atomic E-state index is 0.0328. The van der Waals surface area contributed by atoms with Crippen LogP contribution in [0, 0.1) is 0 Å². The third-order valence-corrected chi connectivity index (χ3v) is 5.81. The molecule has 4 heteroatoms.